The van der Waals surface area contributed by atoms with E-state index in [0.717, 1.165) is 0 Å². The first-order valence-corrected chi connectivity index (χ1v) is 10.4. The highest BCUT2D eigenvalue weighted by atomic mass is 19.1. The number of halogens is 1. The van der Waals surface area contributed by atoms with Gasteiger partial charge in [-0.25, -0.2) is 4.39 Å². The quantitative estimate of drug-likeness (QED) is 0.390. The van der Waals surface area contributed by atoms with Crippen LogP contribution in [0.2, 0.25) is 0 Å². The van der Waals surface area contributed by atoms with Gasteiger partial charge < -0.3 is 14.1 Å². The Hall–Kier alpha value is -4.18. The first-order valence-electron chi connectivity index (χ1n) is 10.4. The Balaban J connectivity index is 0.00000149. The van der Waals surface area contributed by atoms with E-state index in [4.69, 9.17) is 14.4 Å². The van der Waals surface area contributed by atoms with Gasteiger partial charge in [0, 0.05) is 37.5 Å². The van der Waals surface area contributed by atoms with Crippen molar-refractivity contribution in [3.05, 3.63) is 71.7 Å². The average molecular weight is 445 g/mol. The Morgan fingerprint density at radius 2 is 1.85 bits per heavy atom. The summed E-state index contributed by atoms with van der Waals surface area (Å²) >= 11 is 0. The van der Waals surface area contributed by atoms with Crippen LogP contribution >= 0.6 is 0 Å². The van der Waals surface area contributed by atoms with Gasteiger partial charge in [0.25, 0.3) is 5.91 Å². The van der Waals surface area contributed by atoms with Crippen LogP contribution in [0.4, 0.5) is 4.39 Å². The molecule has 33 heavy (non-hydrogen) atoms. The van der Waals surface area contributed by atoms with Crippen LogP contribution in [0, 0.1) is 17.1 Å². The standard InChI is InChI=1S/C24H18FN3O3.C2H6/c1-28(2)24(29)15-4-6-18(21(11-15)30-3)22-12-20-23(31-22)17(8-9-27-20)14-5-7-19(25)16(10-14)13-26;1-2/h4-12H,1-3H3;1-2H3. The summed E-state index contributed by atoms with van der Waals surface area (Å²) < 4.78 is 25.4. The van der Waals surface area contributed by atoms with Gasteiger partial charge in [-0.3, -0.25) is 9.78 Å². The van der Waals surface area contributed by atoms with Gasteiger partial charge in [0.2, 0.25) is 0 Å². The first kappa shape index (κ1) is 23.5. The lowest BCUT2D eigenvalue weighted by molar-refractivity contribution is 0.0827. The maximum Gasteiger partial charge on any atom is 0.253 e. The van der Waals surface area contributed by atoms with Crippen molar-refractivity contribution >= 4 is 17.0 Å². The molecule has 2 aromatic carbocycles. The van der Waals surface area contributed by atoms with E-state index in [1.807, 2.05) is 19.9 Å². The number of furan rings is 1. The molecule has 0 unspecified atom stereocenters. The van der Waals surface area contributed by atoms with Crippen LogP contribution in [-0.4, -0.2) is 37.0 Å². The molecule has 0 atom stereocenters. The van der Waals surface area contributed by atoms with Crippen molar-refractivity contribution in [1.82, 2.24) is 9.88 Å². The van der Waals surface area contributed by atoms with Crippen LogP contribution in [0.1, 0.15) is 29.8 Å². The van der Waals surface area contributed by atoms with Gasteiger partial charge in [-0.05, 0) is 42.0 Å². The van der Waals surface area contributed by atoms with E-state index in [9.17, 15) is 9.18 Å². The molecule has 0 saturated carbocycles. The zero-order valence-corrected chi connectivity index (χ0v) is 19.1. The van der Waals surface area contributed by atoms with Crippen LogP contribution in [0.25, 0.3) is 33.6 Å². The number of methoxy groups -OCH3 is 1. The molecule has 0 aliphatic heterocycles. The minimum atomic E-state index is -0.575. The fourth-order valence-electron chi connectivity index (χ4n) is 3.36. The Bertz CT molecular complexity index is 1350. The molecule has 0 aliphatic carbocycles. The van der Waals surface area contributed by atoms with Gasteiger partial charge in [0.1, 0.15) is 28.9 Å². The Labute approximate surface area is 191 Å². The number of amides is 1. The molecule has 7 heteroatoms. The number of aromatic nitrogens is 1. The average Bonchev–Trinajstić information content (AvgIpc) is 3.29. The number of benzene rings is 2. The van der Waals surface area contributed by atoms with E-state index in [2.05, 4.69) is 4.98 Å². The van der Waals surface area contributed by atoms with Crippen molar-refractivity contribution in [2.45, 2.75) is 13.8 Å². The largest absolute Gasteiger partial charge is 0.496 e. The Morgan fingerprint density at radius 1 is 1.09 bits per heavy atom. The zero-order valence-electron chi connectivity index (χ0n) is 19.1. The summed E-state index contributed by atoms with van der Waals surface area (Å²) in [5.74, 6) is 0.289. The van der Waals surface area contributed by atoms with E-state index in [1.165, 1.54) is 24.1 Å². The number of rotatable bonds is 4. The predicted octanol–water partition coefficient (Wildman–Crippen LogP) is 5.91. The summed E-state index contributed by atoms with van der Waals surface area (Å²) in [6, 6.07) is 14.8. The Morgan fingerprint density at radius 3 is 2.52 bits per heavy atom. The van der Waals surface area contributed by atoms with Crippen LogP contribution in [-0.2, 0) is 0 Å². The molecule has 0 radical (unpaired) electrons. The SMILES string of the molecule is CC.COc1cc(C(=O)N(C)C)ccc1-c1cc2nccc(-c3ccc(F)c(C#N)c3)c2o1. The van der Waals surface area contributed by atoms with Gasteiger partial charge >= 0.3 is 0 Å². The lowest BCUT2D eigenvalue weighted by Crippen LogP contribution is -2.21. The summed E-state index contributed by atoms with van der Waals surface area (Å²) in [6.45, 7) is 4.00. The molecule has 4 aromatic rings. The minimum absolute atomic E-state index is 0.0444. The van der Waals surface area contributed by atoms with E-state index >= 15 is 0 Å². The molecule has 2 heterocycles. The molecular weight excluding hydrogens is 421 g/mol. The summed E-state index contributed by atoms with van der Waals surface area (Å²) in [7, 11) is 4.89. The van der Waals surface area contributed by atoms with E-state index < -0.39 is 5.82 Å². The number of fused-ring (bicyclic) bond motifs is 1. The molecule has 168 valence electrons. The molecule has 0 spiro atoms. The molecule has 0 bridgehead atoms. The topological polar surface area (TPSA) is 79.4 Å². The highest BCUT2D eigenvalue weighted by Gasteiger charge is 2.18. The van der Waals surface area contributed by atoms with E-state index in [1.54, 1.807) is 56.7 Å². The number of hydrogen-bond donors (Lipinski definition) is 0. The highest BCUT2D eigenvalue weighted by molar-refractivity contribution is 5.96. The van der Waals surface area contributed by atoms with Crippen molar-refractivity contribution < 1.29 is 18.3 Å². The monoisotopic (exact) mass is 445 g/mol. The normalized spacial score (nSPS) is 10.2. The summed E-state index contributed by atoms with van der Waals surface area (Å²) in [5, 5.41) is 9.14. The maximum absolute atomic E-state index is 13.7. The number of carbonyl (C=O) groups is 1. The molecule has 6 nitrogen and oxygen atoms in total. The molecule has 2 aromatic heterocycles. The van der Waals surface area contributed by atoms with Crippen LogP contribution in [0.15, 0.2) is 59.1 Å². The predicted molar refractivity (Wildman–Crippen MR) is 125 cm³/mol. The zero-order chi connectivity index (χ0) is 24.1. The minimum Gasteiger partial charge on any atom is -0.496 e. The number of nitriles is 1. The van der Waals surface area contributed by atoms with E-state index in [-0.39, 0.29) is 11.5 Å². The smallest absolute Gasteiger partial charge is 0.253 e. The molecule has 0 aliphatic rings. The van der Waals surface area contributed by atoms with Gasteiger partial charge in [-0.15, -0.1) is 0 Å². The number of hydrogen-bond acceptors (Lipinski definition) is 5. The number of ether oxygens (including phenoxy) is 1. The van der Waals surface area contributed by atoms with Crippen LogP contribution < -0.4 is 4.74 Å². The lowest BCUT2D eigenvalue weighted by Gasteiger charge is -2.12. The van der Waals surface area contributed by atoms with Gasteiger partial charge in [-0.2, -0.15) is 5.26 Å². The molecule has 4 rings (SSSR count). The van der Waals surface area contributed by atoms with E-state index in [0.29, 0.717) is 44.9 Å². The maximum atomic E-state index is 13.7. The number of nitrogens with zero attached hydrogens (tertiary/aromatic N) is 3. The number of carbonyl (C=O) groups excluding carboxylic acids is 1. The number of pyridine rings is 1. The third kappa shape index (κ3) is 4.55. The second-order valence-corrected chi connectivity index (χ2v) is 7.10. The van der Waals surface area contributed by atoms with Crippen molar-refractivity contribution in [2.24, 2.45) is 0 Å². The van der Waals surface area contributed by atoms with Gasteiger partial charge in [0.05, 0.1) is 18.2 Å². The second-order valence-electron chi connectivity index (χ2n) is 7.10. The fraction of sp³-hybridized carbons (Fsp3) is 0.192. The molecule has 1 amide bonds. The third-order valence-corrected chi connectivity index (χ3v) is 4.93. The first-order chi connectivity index (χ1) is 15.9. The van der Waals surface area contributed by atoms with Crippen molar-refractivity contribution in [2.75, 3.05) is 21.2 Å². The lowest BCUT2D eigenvalue weighted by atomic mass is 10.0. The summed E-state index contributed by atoms with van der Waals surface area (Å²) in [4.78, 5) is 18.1. The highest BCUT2D eigenvalue weighted by Crippen LogP contribution is 2.37. The Kier molecular flexibility index (Phi) is 7.09. The van der Waals surface area contributed by atoms with Crippen molar-refractivity contribution in [3.8, 4) is 34.3 Å². The van der Waals surface area contributed by atoms with Gasteiger partial charge in [0.15, 0.2) is 5.58 Å². The molecular formula is C26H24FN3O3. The molecule has 0 N–H and O–H groups in total. The van der Waals surface area contributed by atoms with Crippen LogP contribution in [0.3, 0.4) is 0 Å². The molecule has 0 saturated heterocycles. The fourth-order valence-corrected chi connectivity index (χ4v) is 3.36. The van der Waals surface area contributed by atoms with Crippen LogP contribution in [0.5, 0.6) is 5.75 Å². The van der Waals surface area contributed by atoms with Crippen molar-refractivity contribution in [1.29, 1.82) is 5.26 Å². The molecule has 0 fully saturated rings. The third-order valence-electron chi connectivity index (χ3n) is 4.93. The second kappa shape index (κ2) is 9.96. The summed E-state index contributed by atoms with van der Waals surface area (Å²) in [5.41, 5.74) is 3.55. The van der Waals surface area contributed by atoms with Crippen molar-refractivity contribution in [3.63, 3.8) is 0 Å². The van der Waals surface area contributed by atoms with Gasteiger partial charge in [-0.1, -0.05) is 19.9 Å². The summed E-state index contributed by atoms with van der Waals surface area (Å²) in [6.07, 6.45) is 1.63.